The summed E-state index contributed by atoms with van der Waals surface area (Å²) >= 11 is 0. The first-order valence-electron chi connectivity index (χ1n) is 12.2. The van der Waals surface area contributed by atoms with Crippen molar-refractivity contribution in [2.45, 2.75) is 51.0 Å². The number of amides is 1. The van der Waals surface area contributed by atoms with Gasteiger partial charge in [-0.15, -0.1) is 0 Å². The van der Waals surface area contributed by atoms with E-state index in [1.54, 1.807) is 28.6 Å². The van der Waals surface area contributed by atoms with Crippen molar-refractivity contribution in [1.29, 1.82) is 0 Å². The fourth-order valence-corrected chi connectivity index (χ4v) is 6.33. The number of nitrogens with zero attached hydrogens (tertiary/aromatic N) is 2. The van der Waals surface area contributed by atoms with E-state index in [0.29, 0.717) is 36.2 Å². The molecular weight excluding hydrogens is 453 g/mol. The van der Waals surface area contributed by atoms with E-state index in [1.165, 1.54) is 18.2 Å². The molecule has 184 valence electrons. The van der Waals surface area contributed by atoms with Crippen molar-refractivity contribution in [3.05, 3.63) is 59.4 Å². The first-order valence-corrected chi connectivity index (χ1v) is 13.6. The van der Waals surface area contributed by atoms with Gasteiger partial charge in [-0.3, -0.25) is 4.79 Å². The first-order chi connectivity index (χ1) is 16.2. The molecule has 2 fully saturated rings. The molecule has 6 nitrogen and oxygen atoms in total. The van der Waals surface area contributed by atoms with Crippen molar-refractivity contribution in [2.24, 2.45) is 11.8 Å². The third-order valence-electron chi connectivity index (χ3n) is 7.07. The minimum atomic E-state index is -3.74. The minimum absolute atomic E-state index is 0.214. The normalized spacial score (nSPS) is 18.7. The van der Waals surface area contributed by atoms with E-state index >= 15 is 0 Å². The molecule has 34 heavy (non-hydrogen) atoms. The number of nitrogens with one attached hydrogen (secondary N) is 1. The molecule has 2 heterocycles. The van der Waals surface area contributed by atoms with Crippen LogP contribution in [0.2, 0.25) is 0 Å². The summed E-state index contributed by atoms with van der Waals surface area (Å²) in [7, 11) is -3.74. The maximum absolute atomic E-state index is 13.7. The molecule has 0 radical (unpaired) electrons. The molecule has 2 aromatic rings. The molecule has 0 saturated carbocycles. The molecule has 2 aliphatic rings. The van der Waals surface area contributed by atoms with Gasteiger partial charge in [-0.05, 0) is 73.4 Å². The molecule has 0 aliphatic carbocycles. The molecule has 0 spiro atoms. The van der Waals surface area contributed by atoms with Gasteiger partial charge >= 0.3 is 0 Å². The highest BCUT2D eigenvalue weighted by molar-refractivity contribution is 7.89. The summed E-state index contributed by atoms with van der Waals surface area (Å²) in [6.45, 7) is 7.21. The third-order valence-corrected chi connectivity index (χ3v) is 9.00. The standard InChI is InChI=1S/C26H34FN3O3S/c1-19-9-13-29(14-10-19)24-8-5-22(26(31)28-18-21-3-6-23(27)7-4-21)17-25(24)34(32,33)30-15-11-20(2)12-16-30/h3-8,17,19-20H,9-16,18H2,1-2H3,(H,28,31). The quantitative estimate of drug-likeness (QED) is 0.655. The summed E-state index contributed by atoms with van der Waals surface area (Å²) < 4.78 is 42.2. The number of rotatable bonds is 6. The van der Waals surface area contributed by atoms with Gasteiger partial charge in [0.25, 0.3) is 5.91 Å². The van der Waals surface area contributed by atoms with Crippen molar-refractivity contribution in [3.8, 4) is 0 Å². The van der Waals surface area contributed by atoms with Gasteiger partial charge in [0.15, 0.2) is 0 Å². The SMILES string of the molecule is CC1CCN(c2ccc(C(=O)NCc3ccc(F)cc3)cc2S(=O)(=O)N2CCC(C)CC2)CC1. The predicted octanol–water partition coefficient (Wildman–Crippen LogP) is 4.41. The van der Waals surface area contributed by atoms with Gasteiger partial charge in [0.2, 0.25) is 10.0 Å². The zero-order valence-electron chi connectivity index (χ0n) is 20.0. The Labute approximate surface area is 202 Å². The molecule has 0 bridgehead atoms. The van der Waals surface area contributed by atoms with Gasteiger partial charge < -0.3 is 10.2 Å². The van der Waals surface area contributed by atoms with E-state index in [1.807, 2.05) is 0 Å². The van der Waals surface area contributed by atoms with Gasteiger partial charge in [0.05, 0.1) is 5.69 Å². The van der Waals surface area contributed by atoms with Crippen molar-refractivity contribution >= 4 is 21.6 Å². The predicted molar refractivity (Wildman–Crippen MR) is 132 cm³/mol. The Balaban J connectivity index is 1.61. The van der Waals surface area contributed by atoms with Crippen LogP contribution in [0.1, 0.15) is 55.5 Å². The largest absolute Gasteiger partial charge is 0.370 e. The lowest BCUT2D eigenvalue weighted by molar-refractivity contribution is 0.0950. The number of sulfonamides is 1. The Kier molecular flexibility index (Phi) is 7.57. The Hall–Kier alpha value is -2.45. The number of benzene rings is 2. The smallest absolute Gasteiger partial charge is 0.251 e. The van der Waals surface area contributed by atoms with Crippen LogP contribution in [0.5, 0.6) is 0 Å². The summed E-state index contributed by atoms with van der Waals surface area (Å²) in [5.74, 6) is 0.445. The number of anilines is 1. The van der Waals surface area contributed by atoms with Crippen LogP contribution < -0.4 is 10.2 Å². The average molecular weight is 488 g/mol. The number of hydrogen-bond acceptors (Lipinski definition) is 4. The summed E-state index contributed by atoms with van der Waals surface area (Å²) in [5, 5.41) is 2.82. The van der Waals surface area contributed by atoms with Gasteiger partial charge in [0.1, 0.15) is 10.7 Å². The van der Waals surface area contributed by atoms with Gasteiger partial charge in [-0.1, -0.05) is 26.0 Å². The second-order valence-corrected chi connectivity index (χ2v) is 11.7. The van der Waals surface area contributed by atoms with Gasteiger partial charge in [-0.25, -0.2) is 12.8 Å². The third kappa shape index (κ3) is 5.61. The highest BCUT2D eigenvalue weighted by Gasteiger charge is 2.32. The Bertz CT molecular complexity index is 1100. The van der Waals surface area contributed by atoms with E-state index in [4.69, 9.17) is 0 Å². The van der Waals surface area contributed by atoms with Crippen LogP contribution >= 0.6 is 0 Å². The molecule has 0 aromatic heterocycles. The highest BCUT2D eigenvalue weighted by atomic mass is 32.2. The fraction of sp³-hybridized carbons (Fsp3) is 0.500. The minimum Gasteiger partial charge on any atom is -0.370 e. The van der Waals surface area contributed by atoms with E-state index in [-0.39, 0.29) is 23.2 Å². The van der Waals surface area contributed by atoms with E-state index in [2.05, 4.69) is 24.1 Å². The molecule has 8 heteroatoms. The molecule has 2 aromatic carbocycles. The Morgan fingerprint density at radius 3 is 2.15 bits per heavy atom. The Morgan fingerprint density at radius 2 is 1.53 bits per heavy atom. The topological polar surface area (TPSA) is 69.7 Å². The van der Waals surface area contributed by atoms with Crippen molar-refractivity contribution in [2.75, 3.05) is 31.1 Å². The molecular formula is C26H34FN3O3S. The Morgan fingerprint density at radius 1 is 0.941 bits per heavy atom. The van der Waals surface area contributed by atoms with E-state index in [0.717, 1.165) is 44.3 Å². The van der Waals surface area contributed by atoms with E-state index in [9.17, 15) is 17.6 Å². The molecule has 4 rings (SSSR count). The maximum Gasteiger partial charge on any atom is 0.251 e. The number of carbonyl (C=O) groups is 1. The lowest BCUT2D eigenvalue weighted by atomic mass is 9.98. The van der Waals surface area contributed by atoms with Gasteiger partial charge in [-0.2, -0.15) is 4.31 Å². The second kappa shape index (κ2) is 10.4. The molecule has 0 unspecified atom stereocenters. The summed E-state index contributed by atoms with van der Waals surface area (Å²) in [6.07, 6.45) is 3.71. The van der Waals surface area contributed by atoms with Gasteiger partial charge in [0, 0.05) is 38.3 Å². The monoisotopic (exact) mass is 487 g/mol. The van der Waals surface area contributed by atoms with Crippen molar-refractivity contribution in [3.63, 3.8) is 0 Å². The zero-order chi connectivity index (χ0) is 24.3. The maximum atomic E-state index is 13.7. The van der Waals surface area contributed by atoms with Crippen LogP contribution in [0, 0.1) is 17.7 Å². The molecule has 1 N–H and O–H groups in total. The summed E-state index contributed by atoms with van der Waals surface area (Å²) in [4.78, 5) is 15.3. The first kappa shape index (κ1) is 24.7. The summed E-state index contributed by atoms with van der Waals surface area (Å²) in [6, 6.07) is 10.9. The van der Waals surface area contributed by atoms with Crippen LogP contribution in [0.3, 0.4) is 0 Å². The highest BCUT2D eigenvalue weighted by Crippen LogP contribution is 2.33. The average Bonchev–Trinajstić information content (AvgIpc) is 2.84. The lowest BCUT2D eigenvalue weighted by Gasteiger charge is -2.35. The number of piperidine rings is 2. The van der Waals surface area contributed by atoms with Crippen LogP contribution in [0.15, 0.2) is 47.4 Å². The lowest BCUT2D eigenvalue weighted by Crippen LogP contribution is -2.40. The zero-order valence-corrected chi connectivity index (χ0v) is 20.8. The fourth-order valence-electron chi connectivity index (χ4n) is 4.62. The van der Waals surface area contributed by atoms with Crippen LogP contribution in [0.25, 0.3) is 0 Å². The molecule has 0 atom stereocenters. The molecule has 1 amide bonds. The molecule has 2 saturated heterocycles. The second-order valence-electron chi connectivity index (χ2n) is 9.75. The molecule has 2 aliphatic heterocycles. The summed E-state index contributed by atoms with van der Waals surface area (Å²) in [5.41, 5.74) is 1.75. The van der Waals surface area contributed by atoms with Crippen molar-refractivity contribution in [1.82, 2.24) is 9.62 Å². The number of carbonyl (C=O) groups excluding carboxylic acids is 1. The number of hydrogen-bond donors (Lipinski definition) is 1. The number of halogens is 1. The van der Waals surface area contributed by atoms with Crippen molar-refractivity contribution < 1.29 is 17.6 Å². The van der Waals surface area contributed by atoms with Crippen LogP contribution in [-0.2, 0) is 16.6 Å². The van der Waals surface area contributed by atoms with E-state index < -0.39 is 10.0 Å². The van der Waals surface area contributed by atoms with Crippen LogP contribution in [-0.4, -0.2) is 44.8 Å². The van der Waals surface area contributed by atoms with Crippen LogP contribution in [0.4, 0.5) is 10.1 Å².